The Kier molecular flexibility index (Phi) is 3.48. The van der Waals surface area contributed by atoms with Gasteiger partial charge in [0.05, 0.1) is 10.6 Å². The highest BCUT2D eigenvalue weighted by atomic mass is 35.5. The van der Waals surface area contributed by atoms with Crippen molar-refractivity contribution in [2.75, 3.05) is 13.1 Å². The molecule has 0 bridgehead atoms. The summed E-state index contributed by atoms with van der Waals surface area (Å²) in [5, 5.41) is 1.53. The number of nitrogens with zero attached hydrogens (tertiary/aromatic N) is 1. The zero-order valence-electron chi connectivity index (χ0n) is 9.37. The molecule has 1 aliphatic heterocycles. The lowest BCUT2D eigenvalue weighted by Crippen LogP contribution is -2.53. The summed E-state index contributed by atoms with van der Waals surface area (Å²) in [5.41, 5.74) is -0.579. The molecule has 1 N–H and O–H groups in total. The lowest BCUT2D eigenvalue weighted by Gasteiger charge is -2.25. The van der Waals surface area contributed by atoms with Crippen molar-refractivity contribution in [2.45, 2.75) is 0 Å². The summed E-state index contributed by atoms with van der Waals surface area (Å²) < 4.78 is 26.8. The lowest BCUT2D eigenvalue weighted by atomic mass is 10.1. The lowest BCUT2D eigenvalue weighted by molar-refractivity contribution is -0.135. The maximum absolute atomic E-state index is 13.5. The minimum absolute atomic E-state index is 0.395. The molecule has 0 radical (unpaired) electrons. The molecule has 1 aliphatic rings. The van der Waals surface area contributed by atoms with Gasteiger partial charge in [0.1, 0.15) is 24.7 Å². The van der Waals surface area contributed by atoms with Crippen LogP contribution in [0.5, 0.6) is 0 Å². The highest BCUT2D eigenvalue weighted by molar-refractivity contribution is 6.30. The number of carbonyl (C=O) groups excluding carboxylic acids is 3. The van der Waals surface area contributed by atoms with E-state index in [1.165, 1.54) is 0 Å². The van der Waals surface area contributed by atoms with Crippen molar-refractivity contribution in [1.29, 1.82) is 0 Å². The number of hydrogen-bond donors (Lipinski definition) is 1. The second-order valence-corrected chi connectivity index (χ2v) is 4.29. The zero-order chi connectivity index (χ0) is 14.2. The van der Waals surface area contributed by atoms with Gasteiger partial charge in [0, 0.05) is 0 Å². The Morgan fingerprint density at radius 3 is 2.32 bits per heavy atom. The summed E-state index contributed by atoms with van der Waals surface area (Å²) in [7, 11) is 0. The molecular weight excluding hydrogens is 282 g/mol. The molecule has 0 saturated carbocycles. The molecule has 100 valence electrons. The molecule has 19 heavy (non-hydrogen) atoms. The first-order valence-corrected chi connectivity index (χ1v) is 5.53. The third kappa shape index (κ3) is 2.70. The van der Waals surface area contributed by atoms with E-state index in [9.17, 15) is 23.2 Å². The fourth-order valence-electron chi connectivity index (χ4n) is 1.64. The smallest absolute Gasteiger partial charge is 0.257 e. The Labute approximate surface area is 111 Å². The summed E-state index contributed by atoms with van der Waals surface area (Å²) in [6.45, 7) is -0.789. The zero-order valence-corrected chi connectivity index (χ0v) is 10.1. The Bertz CT molecular complexity index is 576. The van der Waals surface area contributed by atoms with E-state index in [0.717, 1.165) is 4.90 Å². The molecule has 2 rings (SSSR count). The first-order chi connectivity index (χ1) is 8.88. The van der Waals surface area contributed by atoms with E-state index in [1.807, 2.05) is 5.32 Å². The molecule has 1 aromatic carbocycles. The maximum atomic E-state index is 13.5. The maximum Gasteiger partial charge on any atom is 0.257 e. The van der Waals surface area contributed by atoms with Crippen LogP contribution in [-0.2, 0) is 9.59 Å². The van der Waals surface area contributed by atoms with Crippen LogP contribution in [0.1, 0.15) is 10.4 Å². The van der Waals surface area contributed by atoms with Crippen LogP contribution in [-0.4, -0.2) is 35.7 Å². The van der Waals surface area contributed by atoms with Crippen molar-refractivity contribution in [3.8, 4) is 0 Å². The van der Waals surface area contributed by atoms with Crippen molar-refractivity contribution in [2.24, 2.45) is 0 Å². The normalized spacial score (nSPS) is 15.4. The molecule has 1 fully saturated rings. The molecule has 0 atom stereocenters. The van der Waals surface area contributed by atoms with Crippen LogP contribution in [0.4, 0.5) is 8.78 Å². The number of rotatable bonds is 1. The largest absolute Gasteiger partial charge is 0.320 e. The fraction of sp³-hybridized carbons (Fsp3) is 0.182. The number of benzene rings is 1. The van der Waals surface area contributed by atoms with Crippen LogP contribution in [0.2, 0.25) is 5.02 Å². The van der Waals surface area contributed by atoms with Crippen LogP contribution in [0.3, 0.4) is 0 Å². The minimum Gasteiger partial charge on any atom is -0.320 e. The SMILES string of the molecule is O=C1CN(C(=O)c2cc(F)c(Cl)cc2F)CC(=O)N1. The fourth-order valence-corrected chi connectivity index (χ4v) is 1.79. The van der Waals surface area contributed by atoms with Crippen molar-refractivity contribution in [3.05, 3.63) is 34.4 Å². The van der Waals surface area contributed by atoms with Crippen molar-refractivity contribution in [1.82, 2.24) is 10.2 Å². The molecule has 1 saturated heterocycles. The summed E-state index contributed by atoms with van der Waals surface area (Å²) in [6.07, 6.45) is 0. The van der Waals surface area contributed by atoms with Gasteiger partial charge < -0.3 is 4.90 Å². The molecule has 1 aromatic rings. The van der Waals surface area contributed by atoms with E-state index >= 15 is 0 Å². The Morgan fingerprint density at radius 2 is 1.74 bits per heavy atom. The summed E-state index contributed by atoms with van der Waals surface area (Å²) in [5.74, 6) is -4.29. The second-order valence-electron chi connectivity index (χ2n) is 3.88. The van der Waals surface area contributed by atoms with Crippen LogP contribution in [0.15, 0.2) is 12.1 Å². The molecule has 5 nitrogen and oxygen atoms in total. The van der Waals surface area contributed by atoms with E-state index in [-0.39, 0.29) is 0 Å². The Balaban J connectivity index is 2.31. The van der Waals surface area contributed by atoms with Gasteiger partial charge in [0.2, 0.25) is 11.8 Å². The van der Waals surface area contributed by atoms with Gasteiger partial charge >= 0.3 is 0 Å². The van der Waals surface area contributed by atoms with Crippen LogP contribution >= 0.6 is 11.6 Å². The summed E-state index contributed by atoms with van der Waals surface area (Å²) in [4.78, 5) is 35.0. The Hall–Kier alpha value is -2.02. The molecule has 0 aromatic heterocycles. The number of imide groups is 1. The second kappa shape index (κ2) is 4.93. The van der Waals surface area contributed by atoms with E-state index < -0.39 is 53.0 Å². The molecule has 0 spiro atoms. The third-order valence-electron chi connectivity index (χ3n) is 2.48. The predicted octanol–water partition coefficient (Wildman–Crippen LogP) is 0.717. The highest BCUT2D eigenvalue weighted by Crippen LogP contribution is 2.20. The first-order valence-electron chi connectivity index (χ1n) is 5.15. The molecule has 0 aliphatic carbocycles. The molecule has 1 heterocycles. The third-order valence-corrected chi connectivity index (χ3v) is 2.77. The number of hydrogen-bond acceptors (Lipinski definition) is 3. The molecule has 0 unspecified atom stereocenters. The standard InChI is InChI=1S/C11H7ClF2N2O3/c12-6-2-7(13)5(1-8(6)14)11(19)16-3-9(17)15-10(18)4-16/h1-2H,3-4H2,(H,15,17,18). The van der Waals surface area contributed by atoms with Gasteiger partial charge in [0.15, 0.2) is 0 Å². The van der Waals surface area contributed by atoms with Crippen molar-refractivity contribution >= 4 is 29.3 Å². The number of nitrogens with one attached hydrogen (secondary N) is 1. The number of carbonyl (C=O) groups is 3. The number of amides is 3. The molecule has 8 heteroatoms. The molecule has 3 amide bonds. The van der Waals surface area contributed by atoms with Crippen LogP contribution in [0, 0.1) is 11.6 Å². The first kappa shape index (κ1) is 13.4. The van der Waals surface area contributed by atoms with E-state index in [4.69, 9.17) is 11.6 Å². The Morgan fingerprint density at radius 1 is 1.16 bits per heavy atom. The predicted molar refractivity (Wildman–Crippen MR) is 60.4 cm³/mol. The minimum atomic E-state index is -1.02. The average Bonchev–Trinajstić information content (AvgIpc) is 2.31. The van der Waals surface area contributed by atoms with Gasteiger partial charge in [0.25, 0.3) is 5.91 Å². The van der Waals surface area contributed by atoms with Gasteiger partial charge in [-0.2, -0.15) is 0 Å². The van der Waals surface area contributed by atoms with Gasteiger partial charge in [-0.1, -0.05) is 11.6 Å². The summed E-state index contributed by atoms with van der Waals surface area (Å²) >= 11 is 5.36. The van der Waals surface area contributed by atoms with E-state index in [2.05, 4.69) is 0 Å². The quantitative estimate of drug-likeness (QED) is 0.611. The van der Waals surface area contributed by atoms with Crippen LogP contribution < -0.4 is 5.32 Å². The van der Waals surface area contributed by atoms with E-state index in [1.54, 1.807) is 0 Å². The highest BCUT2D eigenvalue weighted by Gasteiger charge is 2.29. The monoisotopic (exact) mass is 288 g/mol. The average molecular weight is 289 g/mol. The molecular formula is C11H7ClF2N2O3. The van der Waals surface area contributed by atoms with E-state index in [0.29, 0.717) is 12.1 Å². The summed E-state index contributed by atoms with van der Waals surface area (Å²) in [6, 6.07) is 1.30. The number of halogens is 3. The van der Waals surface area contributed by atoms with Crippen molar-refractivity contribution < 1.29 is 23.2 Å². The van der Waals surface area contributed by atoms with Crippen LogP contribution in [0.25, 0.3) is 0 Å². The van der Waals surface area contributed by atoms with Gasteiger partial charge in [-0.05, 0) is 12.1 Å². The van der Waals surface area contributed by atoms with Crippen molar-refractivity contribution in [3.63, 3.8) is 0 Å². The topological polar surface area (TPSA) is 66.5 Å². The van der Waals surface area contributed by atoms with Gasteiger partial charge in [-0.15, -0.1) is 0 Å². The van der Waals surface area contributed by atoms with Gasteiger partial charge in [-0.3, -0.25) is 19.7 Å². The number of piperazine rings is 1. The van der Waals surface area contributed by atoms with Gasteiger partial charge in [-0.25, -0.2) is 8.78 Å².